The van der Waals surface area contributed by atoms with E-state index in [1.807, 2.05) is 0 Å². The van der Waals surface area contributed by atoms with Crippen molar-refractivity contribution in [2.45, 2.75) is 32.5 Å². The number of hydrogen-bond acceptors (Lipinski definition) is 3. The molecule has 2 unspecified atom stereocenters. The molecule has 1 heterocycles. The van der Waals surface area contributed by atoms with Crippen molar-refractivity contribution in [1.82, 2.24) is 5.32 Å². The van der Waals surface area contributed by atoms with Gasteiger partial charge in [-0.3, -0.25) is 0 Å². The van der Waals surface area contributed by atoms with Crippen LogP contribution in [0.15, 0.2) is 24.3 Å². The molecule has 100 valence electrons. The lowest BCUT2D eigenvalue weighted by atomic mass is 10.1. The highest BCUT2D eigenvalue weighted by Crippen LogP contribution is 2.22. The van der Waals surface area contributed by atoms with Crippen LogP contribution < -0.4 is 5.32 Å². The maximum absolute atomic E-state index is 6.17. The van der Waals surface area contributed by atoms with Crippen molar-refractivity contribution in [2.75, 3.05) is 26.3 Å². The third-order valence-electron chi connectivity index (χ3n) is 3.24. The number of aryl methyl sites for hydroxylation is 1. The van der Waals surface area contributed by atoms with Gasteiger partial charge in [-0.05, 0) is 25.5 Å². The highest BCUT2D eigenvalue weighted by atomic mass is 16.6. The first-order valence-corrected chi connectivity index (χ1v) is 6.80. The minimum Gasteiger partial charge on any atom is -0.379 e. The summed E-state index contributed by atoms with van der Waals surface area (Å²) in [5.41, 5.74) is 2.53. The van der Waals surface area contributed by atoms with Crippen molar-refractivity contribution < 1.29 is 9.47 Å². The predicted octanol–water partition coefficient (Wildman–Crippen LogP) is 2.45. The van der Waals surface area contributed by atoms with Gasteiger partial charge in [-0.25, -0.2) is 0 Å². The fraction of sp³-hybridized carbons (Fsp3) is 0.600. The van der Waals surface area contributed by atoms with Gasteiger partial charge in [0, 0.05) is 13.2 Å². The zero-order valence-electron chi connectivity index (χ0n) is 11.3. The van der Waals surface area contributed by atoms with Crippen molar-refractivity contribution in [2.24, 2.45) is 0 Å². The summed E-state index contributed by atoms with van der Waals surface area (Å²) in [6.45, 7) is 7.61. The second-order valence-corrected chi connectivity index (χ2v) is 4.83. The first-order chi connectivity index (χ1) is 8.79. The van der Waals surface area contributed by atoms with E-state index in [-0.39, 0.29) is 12.2 Å². The summed E-state index contributed by atoms with van der Waals surface area (Å²) >= 11 is 0. The summed E-state index contributed by atoms with van der Waals surface area (Å²) < 4.78 is 11.5. The molecule has 18 heavy (non-hydrogen) atoms. The maximum atomic E-state index is 6.17. The molecule has 3 nitrogen and oxygen atoms in total. The molecule has 2 atom stereocenters. The van der Waals surface area contributed by atoms with Gasteiger partial charge in [-0.15, -0.1) is 0 Å². The van der Waals surface area contributed by atoms with Crippen LogP contribution in [0, 0.1) is 6.92 Å². The van der Waals surface area contributed by atoms with Gasteiger partial charge in [-0.2, -0.15) is 0 Å². The van der Waals surface area contributed by atoms with Gasteiger partial charge < -0.3 is 14.8 Å². The van der Waals surface area contributed by atoms with Gasteiger partial charge in [-0.1, -0.05) is 36.8 Å². The van der Waals surface area contributed by atoms with Gasteiger partial charge in [0.25, 0.3) is 0 Å². The van der Waals surface area contributed by atoms with Crippen LogP contribution in [0.4, 0.5) is 0 Å². The first-order valence-electron chi connectivity index (χ1n) is 6.80. The van der Waals surface area contributed by atoms with E-state index in [1.54, 1.807) is 0 Å². The molecule has 1 saturated heterocycles. The molecular formula is C15H23NO2. The molecule has 0 bridgehead atoms. The first kappa shape index (κ1) is 13.5. The SMILES string of the molecule is CCNCC(OC1CCOC1)c1cccc(C)c1. The largest absolute Gasteiger partial charge is 0.379 e. The summed E-state index contributed by atoms with van der Waals surface area (Å²) in [7, 11) is 0. The van der Waals surface area contributed by atoms with E-state index >= 15 is 0 Å². The molecule has 1 N–H and O–H groups in total. The Morgan fingerprint density at radius 1 is 1.50 bits per heavy atom. The summed E-state index contributed by atoms with van der Waals surface area (Å²) in [6, 6.07) is 8.56. The standard InChI is InChI=1S/C15H23NO2/c1-3-16-10-15(18-14-7-8-17-11-14)13-6-4-5-12(2)9-13/h4-6,9,14-16H,3,7-8,10-11H2,1-2H3. The van der Waals surface area contributed by atoms with Gasteiger partial charge in [0.1, 0.15) is 0 Å². The Morgan fingerprint density at radius 2 is 2.39 bits per heavy atom. The zero-order chi connectivity index (χ0) is 12.8. The number of benzene rings is 1. The van der Waals surface area contributed by atoms with Crippen LogP contribution in [-0.4, -0.2) is 32.4 Å². The molecule has 3 heteroatoms. The van der Waals surface area contributed by atoms with E-state index in [1.165, 1.54) is 11.1 Å². The van der Waals surface area contributed by atoms with Crippen molar-refractivity contribution in [3.8, 4) is 0 Å². The highest BCUT2D eigenvalue weighted by Gasteiger charge is 2.22. The molecular weight excluding hydrogens is 226 g/mol. The van der Waals surface area contributed by atoms with Crippen LogP contribution in [0.25, 0.3) is 0 Å². The van der Waals surface area contributed by atoms with Crippen LogP contribution in [0.3, 0.4) is 0 Å². The molecule has 1 aromatic rings. The van der Waals surface area contributed by atoms with Gasteiger partial charge in [0.15, 0.2) is 0 Å². The molecule has 1 aromatic carbocycles. The Bertz CT molecular complexity index is 361. The number of hydrogen-bond donors (Lipinski definition) is 1. The van der Waals surface area contributed by atoms with Crippen molar-refractivity contribution in [3.63, 3.8) is 0 Å². The fourth-order valence-corrected chi connectivity index (χ4v) is 2.24. The molecule has 1 fully saturated rings. The van der Waals surface area contributed by atoms with E-state index < -0.39 is 0 Å². The lowest BCUT2D eigenvalue weighted by Crippen LogP contribution is -2.27. The maximum Gasteiger partial charge on any atom is 0.0954 e. The van der Waals surface area contributed by atoms with Crippen LogP contribution in [0.1, 0.15) is 30.6 Å². The lowest BCUT2D eigenvalue weighted by molar-refractivity contribution is -0.0162. The van der Waals surface area contributed by atoms with Gasteiger partial charge in [0.2, 0.25) is 0 Å². The normalized spacial score (nSPS) is 21.1. The minimum absolute atomic E-state index is 0.122. The third-order valence-corrected chi connectivity index (χ3v) is 3.24. The monoisotopic (exact) mass is 249 g/mol. The number of rotatable bonds is 6. The molecule has 0 radical (unpaired) electrons. The van der Waals surface area contributed by atoms with Crippen LogP contribution >= 0.6 is 0 Å². The predicted molar refractivity (Wildman–Crippen MR) is 72.8 cm³/mol. The van der Waals surface area contributed by atoms with Gasteiger partial charge in [0.05, 0.1) is 18.8 Å². The van der Waals surface area contributed by atoms with Crippen molar-refractivity contribution in [3.05, 3.63) is 35.4 Å². The smallest absolute Gasteiger partial charge is 0.0954 e. The van der Waals surface area contributed by atoms with Gasteiger partial charge >= 0.3 is 0 Å². The molecule has 0 aromatic heterocycles. The third kappa shape index (κ3) is 3.80. The van der Waals surface area contributed by atoms with Crippen molar-refractivity contribution >= 4 is 0 Å². The van der Waals surface area contributed by atoms with E-state index in [2.05, 4.69) is 43.4 Å². The summed E-state index contributed by atoms with van der Waals surface area (Å²) in [5.74, 6) is 0. The summed E-state index contributed by atoms with van der Waals surface area (Å²) in [6.07, 6.45) is 1.37. The Labute approximate surface area is 109 Å². The molecule has 1 aliphatic heterocycles. The van der Waals surface area contributed by atoms with E-state index in [0.717, 1.165) is 32.7 Å². The average Bonchev–Trinajstić information content (AvgIpc) is 2.87. The summed E-state index contributed by atoms with van der Waals surface area (Å²) in [4.78, 5) is 0. The topological polar surface area (TPSA) is 30.5 Å². The highest BCUT2D eigenvalue weighted by molar-refractivity contribution is 5.24. The van der Waals surface area contributed by atoms with Crippen molar-refractivity contribution in [1.29, 1.82) is 0 Å². The second-order valence-electron chi connectivity index (χ2n) is 4.83. The lowest BCUT2D eigenvalue weighted by Gasteiger charge is -2.22. The molecule has 1 aliphatic rings. The Morgan fingerprint density at radius 3 is 3.06 bits per heavy atom. The second kappa shape index (κ2) is 6.88. The average molecular weight is 249 g/mol. The van der Waals surface area contributed by atoms with E-state index in [9.17, 15) is 0 Å². The Kier molecular flexibility index (Phi) is 5.17. The molecule has 0 amide bonds. The zero-order valence-corrected chi connectivity index (χ0v) is 11.3. The fourth-order valence-electron chi connectivity index (χ4n) is 2.24. The number of ether oxygens (including phenoxy) is 2. The number of nitrogens with one attached hydrogen (secondary N) is 1. The molecule has 2 rings (SSSR count). The Balaban J connectivity index is 2.03. The number of likely N-dealkylation sites (N-methyl/N-ethyl adjacent to an activating group) is 1. The molecule has 0 spiro atoms. The van der Waals surface area contributed by atoms with Crippen LogP contribution in [0.5, 0.6) is 0 Å². The molecule has 0 saturated carbocycles. The van der Waals surface area contributed by atoms with Crippen LogP contribution in [-0.2, 0) is 9.47 Å². The minimum atomic E-state index is 0.122. The summed E-state index contributed by atoms with van der Waals surface area (Å²) in [5, 5.41) is 3.37. The molecule has 0 aliphatic carbocycles. The quantitative estimate of drug-likeness (QED) is 0.840. The van der Waals surface area contributed by atoms with E-state index in [4.69, 9.17) is 9.47 Å². The van der Waals surface area contributed by atoms with E-state index in [0.29, 0.717) is 0 Å². The van der Waals surface area contributed by atoms with Crippen LogP contribution in [0.2, 0.25) is 0 Å². The Hall–Kier alpha value is -0.900.